The van der Waals surface area contributed by atoms with Crippen molar-refractivity contribution in [1.82, 2.24) is 0 Å². The van der Waals surface area contributed by atoms with Crippen LogP contribution in [0.2, 0.25) is 0 Å². The lowest BCUT2D eigenvalue weighted by Crippen LogP contribution is -2.46. The highest BCUT2D eigenvalue weighted by Gasteiger charge is 2.29. The zero-order valence-electron chi connectivity index (χ0n) is 11.6. The van der Waals surface area contributed by atoms with E-state index in [0.29, 0.717) is 0 Å². The van der Waals surface area contributed by atoms with Crippen molar-refractivity contribution in [2.75, 3.05) is 19.8 Å². The molecule has 0 aromatic rings. The van der Waals surface area contributed by atoms with E-state index < -0.39 is 62.5 Å². The van der Waals surface area contributed by atoms with E-state index in [1.54, 1.807) is 0 Å². The summed E-state index contributed by atoms with van der Waals surface area (Å²) in [5.41, 5.74) is 0. The molecule has 0 aliphatic rings. The van der Waals surface area contributed by atoms with Crippen molar-refractivity contribution >= 4 is 6.29 Å². The Labute approximate surface area is 125 Å². The molecule has 11 nitrogen and oxygen atoms in total. The van der Waals surface area contributed by atoms with Gasteiger partial charge in [-0.3, -0.25) is 0 Å². The summed E-state index contributed by atoms with van der Waals surface area (Å²) in [7, 11) is 0. The lowest BCUT2D eigenvalue weighted by molar-refractivity contribution is -0.136. The minimum Gasteiger partial charge on any atom is -0.394 e. The van der Waals surface area contributed by atoms with E-state index in [2.05, 4.69) is 0 Å². The van der Waals surface area contributed by atoms with Gasteiger partial charge >= 0.3 is 0 Å². The van der Waals surface area contributed by atoms with Gasteiger partial charge in [-0.05, 0) is 0 Å². The summed E-state index contributed by atoms with van der Waals surface area (Å²) in [4.78, 5) is 9.90. The van der Waals surface area contributed by atoms with Crippen molar-refractivity contribution in [3.05, 3.63) is 0 Å². The van der Waals surface area contributed by atoms with Crippen molar-refractivity contribution in [2.45, 2.75) is 42.7 Å². The van der Waals surface area contributed by atoms with Crippen LogP contribution in [0.1, 0.15) is 0 Å². The average molecular weight is 332 g/mol. The predicted molar refractivity (Wildman–Crippen MR) is 69.4 cm³/mol. The summed E-state index contributed by atoms with van der Waals surface area (Å²) in [5.74, 6) is 0. The molecule has 0 heterocycles. The van der Waals surface area contributed by atoms with E-state index in [0.717, 1.165) is 0 Å². The largest absolute Gasteiger partial charge is 0.394 e. The number of carbonyl (C=O) groups is 1. The Balaban J connectivity index is 0. The molecule has 0 aromatic carbocycles. The summed E-state index contributed by atoms with van der Waals surface area (Å²) in [6, 6.07) is 0. The van der Waals surface area contributed by atoms with Crippen molar-refractivity contribution in [3.8, 4) is 0 Å². The molecule has 6 atom stereocenters. The van der Waals surface area contributed by atoms with Gasteiger partial charge in [0.25, 0.3) is 0 Å². The van der Waals surface area contributed by atoms with Gasteiger partial charge in [-0.1, -0.05) is 0 Å². The molecule has 0 spiro atoms. The van der Waals surface area contributed by atoms with E-state index in [4.69, 9.17) is 51.1 Å². The summed E-state index contributed by atoms with van der Waals surface area (Å²) in [5, 5.41) is 86.1. The first kappa shape index (κ1) is 23.5. The molecule has 0 saturated carbocycles. The number of rotatable bonds is 9. The van der Waals surface area contributed by atoms with Crippen molar-refractivity contribution in [3.63, 3.8) is 0 Å². The van der Waals surface area contributed by atoms with Gasteiger partial charge in [0, 0.05) is 0 Å². The van der Waals surface area contributed by atoms with E-state index in [1.807, 2.05) is 0 Å². The number of aliphatic hydroxyl groups is 10. The quantitative estimate of drug-likeness (QED) is 0.179. The molecule has 0 amide bonds. The fourth-order valence-corrected chi connectivity index (χ4v) is 1.09. The third kappa shape index (κ3) is 8.65. The second-order valence-electron chi connectivity index (χ2n) is 4.35. The molecule has 22 heavy (non-hydrogen) atoms. The molecular formula is C11H24O11. The van der Waals surface area contributed by atoms with Crippen LogP contribution in [0, 0.1) is 0 Å². The minimum atomic E-state index is -1.79. The maximum atomic E-state index is 9.90. The molecule has 0 fully saturated rings. The standard InChI is InChI=1S/C6H12O6.C5H12O5/c7-1-3(9)5(11)6(12)4(10)2-8;6-1-3(8)5(10)4(9)2-7/h1,3-6,8-12H,2H2;3-10H,1-2H2/t3-,4+,5+,6+;3-,4-/m00/s1. The summed E-state index contributed by atoms with van der Waals surface area (Å²) >= 11 is 0. The Morgan fingerprint density at radius 2 is 0.909 bits per heavy atom. The molecule has 0 aliphatic heterocycles. The van der Waals surface area contributed by atoms with Gasteiger partial charge in [-0.15, -0.1) is 0 Å². The molecule has 134 valence electrons. The number of hydrogen-bond donors (Lipinski definition) is 10. The third-order valence-corrected chi connectivity index (χ3v) is 2.58. The highest BCUT2D eigenvalue weighted by atomic mass is 16.4. The van der Waals surface area contributed by atoms with Crippen molar-refractivity contribution < 1.29 is 55.9 Å². The van der Waals surface area contributed by atoms with Crippen LogP contribution in [0.3, 0.4) is 0 Å². The minimum absolute atomic E-state index is 0.0258. The number of aliphatic hydroxyl groups excluding tert-OH is 10. The van der Waals surface area contributed by atoms with E-state index >= 15 is 0 Å². The molecule has 0 aliphatic carbocycles. The second-order valence-corrected chi connectivity index (χ2v) is 4.35. The normalized spacial score (nSPS) is 19.4. The van der Waals surface area contributed by atoms with Crippen LogP contribution in [0.4, 0.5) is 0 Å². The van der Waals surface area contributed by atoms with Gasteiger partial charge in [0.15, 0.2) is 6.29 Å². The van der Waals surface area contributed by atoms with Gasteiger partial charge in [-0.25, -0.2) is 0 Å². The smallest absolute Gasteiger partial charge is 0.151 e. The lowest BCUT2D eigenvalue weighted by Gasteiger charge is -2.22. The van der Waals surface area contributed by atoms with Crippen LogP contribution in [-0.2, 0) is 4.79 Å². The van der Waals surface area contributed by atoms with Crippen LogP contribution in [0.25, 0.3) is 0 Å². The van der Waals surface area contributed by atoms with Crippen LogP contribution in [0.5, 0.6) is 0 Å². The highest BCUT2D eigenvalue weighted by molar-refractivity contribution is 5.56. The van der Waals surface area contributed by atoms with Gasteiger partial charge in [0.1, 0.15) is 42.7 Å². The Hall–Kier alpha value is -0.730. The monoisotopic (exact) mass is 332 g/mol. The fourth-order valence-electron chi connectivity index (χ4n) is 1.09. The molecule has 0 aromatic heterocycles. The predicted octanol–water partition coefficient (Wildman–Crippen LogP) is -6.33. The Kier molecular flexibility index (Phi) is 13.7. The molecule has 0 radical (unpaired) electrons. The first-order valence-electron chi connectivity index (χ1n) is 6.22. The number of carbonyl (C=O) groups excluding carboxylic acids is 1. The van der Waals surface area contributed by atoms with Crippen LogP contribution in [-0.4, -0.2) is 120 Å². The number of hydrogen-bond acceptors (Lipinski definition) is 11. The number of aldehydes is 1. The fraction of sp³-hybridized carbons (Fsp3) is 0.909. The third-order valence-electron chi connectivity index (χ3n) is 2.58. The molecular weight excluding hydrogens is 308 g/mol. The van der Waals surface area contributed by atoms with Crippen LogP contribution < -0.4 is 0 Å². The molecule has 0 rings (SSSR count). The van der Waals surface area contributed by atoms with Crippen molar-refractivity contribution in [1.29, 1.82) is 0 Å². The maximum Gasteiger partial charge on any atom is 0.151 e. The van der Waals surface area contributed by atoms with Gasteiger partial charge in [0.05, 0.1) is 19.8 Å². The maximum absolute atomic E-state index is 9.90. The summed E-state index contributed by atoms with van der Waals surface area (Å²) < 4.78 is 0. The van der Waals surface area contributed by atoms with Crippen LogP contribution >= 0.6 is 0 Å². The zero-order chi connectivity index (χ0) is 17.9. The Bertz CT molecular complexity index is 267. The van der Waals surface area contributed by atoms with Gasteiger partial charge < -0.3 is 55.9 Å². The SMILES string of the molecule is O=C[C@H](O)[C@@H](O)[C@H](O)[C@H](O)CO.OC[C@H](O)C(O)[C@@H](O)CO. The molecule has 10 N–H and O–H groups in total. The van der Waals surface area contributed by atoms with Gasteiger partial charge in [-0.2, -0.15) is 0 Å². The van der Waals surface area contributed by atoms with E-state index in [1.165, 1.54) is 0 Å². The van der Waals surface area contributed by atoms with Gasteiger partial charge in [0.2, 0.25) is 0 Å². The summed E-state index contributed by atoms with van der Waals surface area (Å²) in [6.45, 7) is -2.04. The molecule has 0 saturated heterocycles. The summed E-state index contributed by atoms with van der Waals surface area (Å²) in [6.07, 6.45) is -11.1. The molecule has 0 unspecified atom stereocenters. The zero-order valence-corrected chi connectivity index (χ0v) is 11.6. The Morgan fingerprint density at radius 3 is 1.18 bits per heavy atom. The molecule has 11 heteroatoms. The highest BCUT2D eigenvalue weighted by Crippen LogP contribution is 2.03. The second kappa shape index (κ2) is 12.8. The van der Waals surface area contributed by atoms with E-state index in [9.17, 15) is 4.79 Å². The average Bonchev–Trinajstić information content (AvgIpc) is 2.56. The van der Waals surface area contributed by atoms with Crippen LogP contribution in [0.15, 0.2) is 0 Å². The topological polar surface area (TPSA) is 219 Å². The Morgan fingerprint density at radius 1 is 0.591 bits per heavy atom. The van der Waals surface area contributed by atoms with Crippen molar-refractivity contribution in [2.24, 2.45) is 0 Å². The first-order chi connectivity index (χ1) is 10.2. The lowest BCUT2D eigenvalue weighted by atomic mass is 10.0. The first-order valence-corrected chi connectivity index (χ1v) is 6.22. The molecule has 0 bridgehead atoms. The van der Waals surface area contributed by atoms with E-state index in [-0.39, 0.29) is 6.29 Å².